The predicted octanol–water partition coefficient (Wildman–Crippen LogP) is 3.35. The first-order valence-corrected chi connectivity index (χ1v) is 6.94. The minimum Gasteiger partial charge on any atom is -0.497 e. The Morgan fingerprint density at radius 3 is 2.71 bits per heavy atom. The number of methoxy groups -OCH3 is 1. The molecule has 0 saturated heterocycles. The Morgan fingerprint density at radius 2 is 2.10 bits per heavy atom. The van der Waals surface area contributed by atoms with Gasteiger partial charge in [-0.1, -0.05) is 12.1 Å². The Balaban J connectivity index is 2.40. The zero-order valence-electron chi connectivity index (χ0n) is 12.6. The van der Waals surface area contributed by atoms with Crippen LogP contribution in [-0.2, 0) is 21.4 Å². The van der Waals surface area contributed by atoms with Crippen LogP contribution in [0.25, 0.3) is 0 Å². The molecule has 0 aliphatic carbocycles. The Morgan fingerprint density at radius 1 is 1.29 bits per heavy atom. The normalized spacial score (nSPS) is 13.5. The Hall–Kier alpha value is -2.23. The molecule has 4 heteroatoms. The first kappa shape index (κ1) is 15.2. The number of rotatable bonds is 6. The van der Waals surface area contributed by atoms with E-state index in [1.54, 1.807) is 20.3 Å². The second kappa shape index (κ2) is 6.48. The van der Waals surface area contributed by atoms with E-state index in [4.69, 9.17) is 13.9 Å². The molecule has 0 spiro atoms. The Labute approximate surface area is 124 Å². The summed E-state index contributed by atoms with van der Waals surface area (Å²) in [4.78, 5) is 12.5. The monoisotopic (exact) mass is 288 g/mol. The van der Waals surface area contributed by atoms with E-state index in [0.29, 0.717) is 18.8 Å². The molecular weight excluding hydrogens is 268 g/mol. The minimum atomic E-state index is -0.817. The van der Waals surface area contributed by atoms with Gasteiger partial charge >= 0.3 is 5.97 Å². The molecule has 0 bridgehead atoms. The molecule has 112 valence electrons. The number of benzene rings is 1. The molecule has 1 heterocycles. The maximum Gasteiger partial charge on any atom is 0.316 e. The highest BCUT2D eigenvalue weighted by Crippen LogP contribution is 2.32. The van der Waals surface area contributed by atoms with Gasteiger partial charge in [0, 0.05) is 6.42 Å². The van der Waals surface area contributed by atoms with Gasteiger partial charge < -0.3 is 13.9 Å². The lowest BCUT2D eigenvalue weighted by molar-refractivity contribution is -0.149. The molecule has 1 aromatic heterocycles. The molecule has 0 aliphatic rings. The largest absolute Gasteiger partial charge is 0.497 e. The fourth-order valence-corrected chi connectivity index (χ4v) is 2.31. The Bertz CT molecular complexity index is 589. The van der Waals surface area contributed by atoms with E-state index >= 15 is 0 Å². The number of hydrogen-bond donors (Lipinski definition) is 0. The van der Waals surface area contributed by atoms with Gasteiger partial charge in [0.1, 0.15) is 11.5 Å². The van der Waals surface area contributed by atoms with Crippen molar-refractivity contribution in [2.45, 2.75) is 25.7 Å². The van der Waals surface area contributed by atoms with Crippen LogP contribution in [0.4, 0.5) is 0 Å². The number of esters is 1. The third-order valence-electron chi connectivity index (χ3n) is 3.54. The number of carbonyl (C=O) groups excluding carboxylic acids is 1. The van der Waals surface area contributed by atoms with Crippen LogP contribution in [0.2, 0.25) is 0 Å². The third-order valence-corrected chi connectivity index (χ3v) is 3.54. The fourth-order valence-electron chi connectivity index (χ4n) is 2.31. The molecule has 0 amide bonds. The standard InChI is InChI=1S/C17H20O4/c1-4-20-16(18)17(2,12-15-9-6-10-21-15)13-7-5-8-14(11-13)19-3/h5-11H,4,12H2,1-3H3. The van der Waals surface area contributed by atoms with Gasteiger partial charge in [-0.2, -0.15) is 0 Å². The molecule has 0 N–H and O–H groups in total. The van der Waals surface area contributed by atoms with Gasteiger partial charge in [-0.15, -0.1) is 0 Å². The first-order valence-electron chi connectivity index (χ1n) is 6.94. The van der Waals surface area contributed by atoms with E-state index in [1.165, 1.54) is 0 Å². The molecule has 1 aromatic carbocycles. The molecule has 0 aliphatic heterocycles. The quantitative estimate of drug-likeness (QED) is 0.765. The van der Waals surface area contributed by atoms with Crippen LogP contribution in [0.1, 0.15) is 25.2 Å². The molecular formula is C17H20O4. The number of furan rings is 1. The first-order chi connectivity index (χ1) is 10.1. The van der Waals surface area contributed by atoms with Crippen LogP contribution in [0, 0.1) is 0 Å². The maximum absolute atomic E-state index is 12.5. The van der Waals surface area contributed by atoms with Crippen molar-refractivity contribution in [2.24, 2.45) is 0 Å². The summed E-state index contributed by atoms with van der Waals surface area (Å²) in [6.45, 7) is 4.01. The molecule has 4 nitrogen and oxygen atoms in total. The van der Waals surface area contributed by atoms with E-state index in [0.717, 1.165) is 11.3 Å². The molecule has 0 radical (unpaired) electrons. The molecule has 2 aromatic rings. The summed E-state index contributed by atoms with van der Waals surface area (Å²) in [6, 6.07) is 11.2. The molecule has 21 heavy (non-hydrogen) atoms. The summed E-state index contributed by atoms with van der Waals surface area (Å²) in [5.74, 6) is 1.19. The third kappa shape index (κ3) is 3.27. The highest BCUT2D eigenvalue weighted by atomic mass is 16.5. The van der Waals surface area contributed by atoms with Gasteiger partial charge in [-0.05, 0) is 43.7 Å². The van der Waals surface area contributed by atoms with Gasteiger partial charge in [0.25, 0.3) is 0 Å². The van der Waals surface area contributed by atoms with Crippen LogP contribution in [0.3, 0.4) is 0 Å². The lowest BCUT2D eigenvalue weighted by Crippen LogP contribution is -2.36. The zero-order valence-corrected chi connectivity index (χ0v) is 12.6. The number of ether oxygens (including phenoxy) is 2. The van der Waals surface area contributed by atoms with Crippen molar-refractivity contribution < 1.29 is 18.7 Å². The second-order valence-electron chi connectivity index (χ2n) is 5.04. The van der Waals surface area contributed by atoms with Crippen LogP contribution in [0.15, 0.2) is 47.1 Å². The van der Waals surface area contributed by atoms with Gasteiger partial charge in [0.05, 0.1) is 25.4 Å². The lowest BCUT2D eigenvalue weighted by Gasteiger charge is -2.27. The predicted molar refractivity (Wildman–Crippen MR) is 79.4 cm³/mol. The topological polar surface area (TPSA) is 48.7 Å². The van der Waals surface area contributed by atoms with Gasteiger partial charge in [0.15, 0.2) is 0 Å². The molecule has 1 unspecified atom stereocenters. The van der Waals surface area contributed by atoms with Crippen molar-refractivity contribution in [3.05, 3.63) is 54.0 Å². The molecule has 0 fully saturated rings. The summed E-state index contributed by atoms with van der Waals surface area (Å²) in [5, 5.41) is 0. The van der Waals surface area contributed by atoms with Crippen molar-refractivity contribution in [1.82, 2.24) is 0 Å². The average molecular weight is 288 g/mol. The Kier molecular flexibility index (Phi) is 4.68. The van der Waals surface area contributed by atoms with Gasteiger partial charge in [-0.25, -0.2) is 0 Å². The highest BCUT2D eigenvalue weighted by molar-refractivity contribution is 5.83. The van der Waals surface area contributed by atoms with Crippen LogP contribution >= 0.6 is 0 Å². The second-order valence-corrected chi connectivity index (χ2v) is 5.04. The van der Waals surface area contributed by atoms with Crippen LogP contribution in [-0.4, -0.2) is 19.7 Å². The SMILES string of the molecule is CCOC(=O)C(C)(Cc1ccco1)c1cccc(OC)c1. The zero-order chi connectivity index (χ0) is 15.3. The fraction of sp³-hybridized carbons (Fsp3) is 0.353. The smallest absolute Gasteiger partial charge is 0.316 e. The van der Waals surface area contributed by atoms with Crippen molar-refractivity contribution in [3.63, 3.8) is 0 Å². The van der Waals surface area contributed by atoms with Crippen molar-refractivity contribution >= 4 is 5.97 Å². The van der Waals surface area contributed by atoms with Crippen molar-refractivity contribution in [1.29, 1.82) is 0 Å². The van der Waals surface area contributed by atoms with E-state index in [2.05, 4.69) is 0 Å². The van der Waals surface area contributed by atoms with E-state index in [9.17, 15) is 4.79 Å². The lowest BCUT2D eigenvalue weighted by atomic mass is 9.78. The summed E-state index contributed by atoms with van der Waals surface area (Å²) in [5.41, 5.74) is 0.0271. The summed E-state index contributed by atoms with van der Waals surface area (Å²) in [6.07, 6.45) is 2.04. The summed E-state index contributed by atoms with van der Waals surface area (Å²) >= 11 is 0. The van der Waals surface area contributed by atoms with E-state index in [-0.39, 0.29) is 5.97 Å². The van der Waals surface area contributed by atoms with Gasteiger partial charge in [0.2, 0.25) is 0 Å². The van der Waals surface area contributed by atoms with Crippen LogP contribution in [0.5, 0.6) is 5.75 Å². The van der Waals surface area contributed by atoms with Crippen molar-refractivity contribution in [2.75, 3.05) is 13.7 Å². The number of hydrogen-bond acceptors (Lipinski definition) is 4. The summed E-state index contributed by atoms with van der Waals surface area (Å²) in [7, 11) is 1.60. The van der Waals surface area contributed by atoms with Crippen molar-refractivity contribution in [3.8, 4) is 5.75 Å². The minimum absolute atomic E-state index is 0.269. The average Bonchev–Trinajstić information content (AvgIpc) is 3.00. The van der Waals surface area contributed by atoms with E-state index < -0.39 is 5.41 Å². The number of carbonyl (C=O) groups is 1. The molecule has 0 saturated carbocycles. The molecule has 2 rings (SSSR count). The molecule has 1 atom stereocenters. The summed E-state index contributed by atoms with van der Waals surface area (Å²) < 4.78 is 15.9. The highest BCUT2D eigenvalue weighted by Gasteiger charge is 2.38. The van der Waals surface area contributed by atoms with E-state index in [1.807, 2.05) is 43.3 Å². The maximum atomic E-state index is 12.5. The van der Waals surface area contributed by atoms with Crippen LogP contribution < -0.4 is 4.74 Å². The van der Waals surface area contributed by atoms with Gasteiger partial charge in [-0.3, -0.25) is 4.79 Å².